The highest BCUT2D eigenvalue weighted by Gasteiger charge is 2.19. The normalized spacial score (nSPS) is 15.2. The molecule has 8 heteroatoms. The lowest BCUT2D eigenvalue weighted by Gasteiger charge is -2.36. The van der Waals surface area contributed by atoms with Gasteiger partial charge in [0.1, 0.15) is 0 Å². The van der Waals surface area contributed by atoms with Crippen LogP contribution in [0.2, 0.25) is 0 Å². The molecular weight excluding hydrogens is 400 g/mol. The quantitative estimate of drug-likeness (QED) is 0.629. The number of benzene rings is 2. The lowest BCUT2D eigenvalue weighted by molar-refractivity contribution is -0.114. The average Bonchev–Trinajstić information content (AvgIpc) is 2.72. The van der Waals surface area contributed by atoms with Crippen LogP contribution in [0.5, 0.6) is 0 Å². The van der Waals surface area contributed by atoms with Crippen molar-refractivity contribution in [1.29, 1.82) is 0 Å². The third kappa shape index (κ3) is 6.04. The third-order valence-electron chi connectivity index (χ3n) is 5.22. The molecule has 0 aromatic heterocycles. The first kappa shape index (κ1) is 22.3. The zero-order valence-corrected chi connectivity index (χ0v) is 18.4. The van der Waals surface area contributed by atoms with E-state index in [4.69, 9.17) is 0 Å². The van der Waals surface area contributed by atoms with E-state index in [9.17, 15) is 13.2 Å². The molecule has 2 aromatic rings. The fourth-order valence-electron chi connectivity index (χ4n) is 3.69. The van der Waals surface area contributed by atoms with E-state index >= 15 is 0 Å². The minimum absolute atomic E-state index is 0.187. The maximum atomic E-state index is 12.6. The summed E-state index contributed by atoms with van der Waals surface area (Å²) in [5.74, 6) is -0.187. The van der Waals surface area contributed by atoms with Gasteiger partial charge in [0.15, 0.2) is 0 Å². The first-order valence-corrected chi connectivity index (χ1v) is 11.7. The van der Waals surface area contributed by atoms with Gasteiger partial charge in [0.25, 0.3) is 0 Å². The van der Waals surface area contributed by atoms with E-state index < -0.39 is 10.0 Å². The molecule has 0 bridgehead atoms. The van der Waals surface area contributed by atoms with E-state index in [-0.39, 0.29) is 10.8 Å². The van der Waals surface area contributed by atoms with Crippen LogP contribution >= 0.6 is 0 Å². The van der Waals surface area contributed by atoms with Gasteiger partial charge in [-0.15, -0.1) is 0 Å². The van der Waals surface area contributed by atoms with Crippen LogP contribution in [-0.2, 0) is 14.8 Å². The molecule has 2 N–H and O–H groups in total. The van der Waals surface area contributed by atoms with Crippen molar-refractivity contribution in [3.8, 4) is 0 Å². The molecule has 162 valence electrons. The Balaban J connectivity index is 1.43. The van der Waals surface area contributed by atoms with E-state index in [0.29, 0.717) is 17.8 Å². The van der Waals surface area contributed by atoms with Crippen molar-refractivity contribution in [1.82, 2.24) is 9.62 Å². The van der Waals surface area contributed by atoms with Gasteiger partial charge in [-0.1, -0.05) is 18.2 Å². The summed E-state index contributed by atoms with van der Waals surface area (Å²) in [5, 5.41) is 2.66. The van der Waals surface area contributed by atoms with E-state index in [1.165, 1.54) is 18.7 Å². The number of aryl methyl sites for hydroxylation is 1. The van der Waals surface area contributed by atoms with E-state index in [1.54, 1.807) is 19.1 Å². The molecule has 0 atom stereocenters. The summed E-state index contributed by atoms with van der Waals surface area (Å²) in [6.07, 6.45) is 0.758. The molecule has 30 heavy (non-hydrogen) atoms. The van der Waals surface area contributed by atoms with Gasteiger partial charge in [0.05, 0.1) is 4.90 Å². The second-order valence-corrected chi connectivity index (χ2v) is 9.31. The maximum Gasteiger partial charge on any atom is 0.240 e. The Labute approximate surface area is 179 Å². The molecule has 1 aliphatic heterocycles. The van der Waals surface area contributed by atoms with E-state index in [0.717, 1.165) is 39.1 Å². The highest BCUT2D eigenvalue weighted by atomic mass is 32.2. The zero-order chi connectivity index (χ0) is 21.6. The Morgan fingerprint density at radius 1 is 1.03 bits per heavy atom. The standard InChI is InChI=1S/C22H30N4O3S/c1-18-17-20(24-19(2)27)9-10-22(18)30(28,29)23-11-6-12-25-13-15-26(16-14-25)21-7-4-3-5-8-21/h3-5,7-10,17,23H,6,11-16H2,1-2H3,(H,24,27). The minimum Gasteiger partial charge on any atom is -0.369 e. The van der Waals surface area contributed by atoms with Crippen molar-refractivity contribution >= 4 is 27.3 Å². The molecule has 1 aliphatic rings. The number of nitrogens with zero attached hydrogens (tertiary/aromatic N) is 2. The molecule has 0 unspecified atom stereocenters. The highest BCUT2D eigenvalue weighted by Crippen LogP contribution is 2.20. The molecule has 1 fully saturated rings. The summed E-state index contributed by atoms with van der Waals surface area (Å²) < 4.78 is 27.9. The Morgan fingerprint density at radius 3 is 2.37 bits per heavy atom. The van der Waals surface area contributed by atoms with Gasteiger partial charge in [-0.25, -0.2) is 13.1 Å². The number of anilines is 2. The van der Waals surface area contributed by atoms with Crippen LogP contribution in [-0.4, -0.2) is 58.5 Å². The van der Waals surface area contributed by atoms with Crippen LogP contribution in [0.1, 0.15) is 18.9 Å². The van der Waals surface area contributed by atoms with Crippen LogP contribution in [0.3, 0.4) is 0 Å². The molecule has 0 saturated carbocycles. The lowest BCUT2D eigenvalue weighted by Crippen LogP contribution is -2.47. The molecule has 0 aliphatic carbocycles. The summed E-state index contributed by atoms with van der Waals surface area (Å²) in [4.78, 5) is 16.2. The topological polar surface area (TPSA) is 81.7 Å². The molecule has 2 aromatic carbocycles. The van der Waals surface area contributed by atoms with E-state index in [2.05, 4.69) is 44.1 Å². The molecular formula is C22H30N4O3S. The van der Waals surface area contributed by atoms with Crippen LogP contribution < -0.4 is 14.9 Å². The predicted molar refractivity (Wildman–Crippen MR) is 120 cm³/mol. The fourth-order valence-corrected chi connectivity index (χ4v) is 4.99. The molecule has 0 radical (unpaired) electrons. The lowest BCUT2D eigenvalue weighted by atomic mass is 10.2. The Morgan fingerprint density at radius 2 is 1.73 bits per heavy atom. The number of sulfonamides is 1. The molecule has 1 amide bonds. The number of para-hydroxylation sites is 1. The van der Waals surface area contributed by atoms with Crippen molar-refractivity contribution in [3.05, 3.63) is 54.1 Å². The maximum absolute atomic E-state index is 12.6. The Kier molecular flexibility index (Phi) is 7.47. The molecule has 3 rings (SSSR count). The number of amides is 1. The third-order valence-corrected chi connectivity index (χ3v) is 6.84. The summed E-state index contributed by atoms with van der Waals surface area (Å²) in [7, 11) is -3.57. The van der Waals surface area contributed by atoms with Gasteiger partial charge >= 0.3 is 0 Å². The number of hydrogen-bond donors (Lipinski definition) is 2. The number of nitrogens with one attached hydrogen (secondary N) is 2. The number of rotatable bonds is 8. The van der Waals surface area contributed by atoms with Crippen molar-refractivity contribution in [2.75, 3.05) is 49.5 Å². The number of carbonyl (C=O) groups is 1. The average molecular weight is 431 g/mol. The highest BCUT2D eigenvalue weighted by molar-refractivity contribution is 7.89. The summed E-state index contributed by atoms with van der Waals surface area (Å²) >= 11 is 0. The molecule has 1 saturated heterocycles. The summed E-state index contributed by atoms with van der Waals surface area (Å²) in [5.41, 5.74) is 2.45. The van der Waals surface area contributed by atoms with Crippen LogP contribution in [0, 0.1) is 6.92 Å². The van der Waals surface area contributed by atoms with Crippen LogP contribution in [0.4, 0.5) is 11.4 Å². The van der Waals surface area contributed by atoms with Gasteiger partial charge in [-0.05, 0) is 55.8 Å². The second kappa shape index (κ2) is 10.1. The SMILES string of the molecule is CC(=O)Nc1ccc(S(=O)(=O)NCCCN2CCN(c3ccccc3)CC2)c(C)c1. The second-order valence-electron chi connectivity index (χ2n) is 7.58. The molecule has 0 spiro atoms. The molecule has 7 nitrogen and oxygen atoms in total. The van der Waals surface area contributed by atoms with Gasteiger partial charge < -0.3 is 10.2 Å². The smallest absolute Gasteiger partial charge is 0.240 e. The van der Waals surface area contributed by atoms with Crippen molar-refractivity contribution in [2.24, 2.45) is 0 Å². The van der Waals surface area contributed by atoms with Gasteiger partial charge in [-0.2, -0.15) is 0 Å². The fraction of sp³-hybridized carbons (Fsp3) is 0.409. The minimum atomic E-state index is -3.57. The predicted octanol–water partition coefficient (Wildman–Crippen LogP) is 2.44. The Hall–Kier alpha value is -2.42. The number of piperazine rings is 1. The van der Waals surface area contributed by atoms with Gasteiger partial charge in [0.2, 0.25) is 15.9 Å². The largest absolute Gasteiger partial charge is 0.369 e. The van der Waals surface area contributed by atoms with Crippen LogP contribution in [0.25, 0.3) is 0 Å². The number of hydrogen-bond acceptors (Lipinski definition) is 5. The monoisotopic (exact) mass is 430 g/mol. The van der Waals surface area contributed by atoms with Gasteiger partial charge in [0, 0.05) is 51.0 Å². The number of carbonyl (C=O) groups excluding carboxylic acids is 1. The summed E-state index contributed by atoms with van der Waals surface area (Å²) in [6.45, 7) is 8.33. The molecule has 1 heterocycles. The summed E-state index contributed by atoms with van der Waals surface area (Å²) in [6, 6.07) is 15.2. The van der Waals surface area contributed by atoms with Crippen molar-refractivity contribution in [3.63, 3.8) is 0 Å². The van der Waals surface area contributed by atoms with E-state index in [1.807, 2.05) is 6.07 Å². The van der Waals surface area contributed by atoms with Crippen LogP contribution in [0.15, 0.2) is 53.4 Å². The van der Waals surface area contributed by atoms with Crippen molar-refractivity contribution in [2.45, 2.75) is 25.2 Å². The van der Waals surface area contributed by atoms with Gasteiger partial charge in [-0.3, -0.25) is 9.69 Å². The Bertz CT molecular complexity index is 956. The van der Waals surface area contributed by atoms with Crippen molar-refractivity contribution < 1.29 is 13.2 Å². The first-order valence-electron chi connectivity index (χ1n) is 10.3. The first-order chi connectivity index (χ1) is 14.3. The zero-order valence-electron chi connectivity index (χ0n) is 17.6.